The molecule has 0 fully saturated rings. The highest BCUT2D eigenvalue weighted by molar-refractivity contribution is 6.34. The van der Waals surface area contributed by atoms with Gasteiger partial charge in [-0.3, -0.25) is 19.0 Å². The van der Waals surface area contributed by atoms with Gasteiger partial charge in [-0.2, -0.15) is 10.2 Å². The van der Waals surface area contributed by atoms with Gasteiger partial charge in [-0.1, -0.05) is 60.7 Å². The van der Waals surface area contributed by atoms with Gasteiger partial charge in [0.2, 0.25) is 0 Å². The molecule has 8 nitrogen and oxygen atoms in total. The topological polar surface area (TPSA) is 85.0 Å². The van der Waals surface area contributed by atoms with Crippen LogP contribution in [0, 0.1) is 0 Å². The van der Waals surface area contributed by atoms with E-state index < -0.39 is 11.8 Å². The number of benzene rings is 2. The summed E-state index contributed by atoms with van der Waals surface area (Å²) in [5.74, 6) is -1.23. The summed E-state index contributed by atoms with van der Waals surface area (Å²) in [5, 5.41) is 11.6. The molecule has 33 heavy (non-hydrogen) atoms. The summed E-state index contributed by atoms with van der Waals surface area (Å²) in [6.07, 6.45) is 5.41. The molecule has 1 N–H and O–H groups in total. The monoisotopic (exact) mass is 442 g/mol. The van der Waals surface area contributed by atoms with Crippen LogP contribution in [0.5, 0.6) is 0 Å². The number of hydrogen-bond acceptors (Lipinski definition) is 4. The van der Waals surface area contributed by atoms with Crippen LogP contribution in [0.1, 0.15) is 11.1 Å². The molecular formula is C25H26N6O2. The summed E-state index contributed by atoms with van der Waals surface area (Å²) in [5.41, 5.74) is 3.71. The van der Waals surface area contributed by atoms with E-state index in [9.17, 15) is 9.59 Å². The number of rotatable bonds is 8. The maximum absolute atomic E-state index is 12.5. The van der Waals surface area contributed by atoms with Crippen LogP contribution >= 0.6 is 0 Å². The molecular weight excluding hydrogens is 416 g/mol. The summed E-state index contributed by atoms with van der Waals surface area (Å²) in [6.45, 7) is 1.73. The minimum absolute atomic E-state index is 0.205. The predicted molar refractivity (Wildman–Crippen MR) is 125 cm³/mol. The van der Waals surface area contributed by atoms with Crippen LogP contribution in [0.25, 0.3) is 11.3 Å². The second-order valence-corrected chi connectivity index (χ2v) is 7.73. The number of amides is 2. The van der Waals surface area contributed by atoms with Crippen molar-refractivity contribution in [2.45, 2.75) is 19.6 Å². The van der Waals surface area contributed by atoms with Crippen molar-refractivity contribution < 1.29 is 9.59 Å². The number of carbonyl (C=O) groups excluding carboxylic acids is 2. The van der Waals surface area contributed by atoms with Crippen molar-refractivity contribution >= 4 is 11.8 Å². The van der Waals surface area contributed by atoms with E-state index in [1.165, 1.54) is 4.90 Å². The molecule has 168 valence electrons. The van der Waals surface area contributed by atoms with Gasteiger partial charge in [-0.05, 0) is 11.6 Å². The van der Waals surface area contributed by atoms with Crippen molar-refractivity contribution in [2.24, 2.45) is 0 Å². The van der Waals surface area contributed by atoms with Crippen molar-refractivity contribution in [3.8, 4) is 11.3 Å². The molecule has 0 saturated heterocycles. The van der Waals surface area contributed by atoms with Gasteiger partial charge in [0, 0.05) is 49.9 Å². The molecule has 0 aliphatic carbocycles. The molecule has 2 amide bonds. The first kappa shape index (κ1) is 22.0. The van der Waals surface area contributed by atoms with Gasteiger partial charge >= 0.3 is 11.8 Å². The molecule has 0 radical (unpaired) electrons. The maximum Gasteiger partial charge on any atom is 0.311 e. The molecule has 0 aliphatic rings. The van der Waals surface area contributed by atoms with Crippen molar-refractivity contribution in [3.63, 3.8) is 0 Å². The molecule has 0 spiro atoms. The minimum atomic E-state index is -0.646. The largest absolute Gasteiger partial charge is 0.344 e. The second kappa shape index (κ2) is 10.4. The summed E-state index contributed by atoms with van der Waals surface area (Å²) < 4.78 is 3.58. The first-order valence-electron chi connectivity index (χ1n) is 10.8. The van der Waals surface area contributed by atoms with E-state index in [-0.39, 0.29) is 6.54 Å². The van der Waals surface area contributed by atoms with Gasteiger partial charge in [0.15, 0.2) is 0 Å². The third-order valence-corrected chi connectivity index (χ3v) is 5.28. The molecule has 2 aromatic heterocycles. The highest BCUT2D eigenvalue weighted by atomic mass is 16.2. The fraction of sp³-hybridized carbons (Fsp3) is 0.200. The van der Waals surface area contributed by atoms with Crippen LogP contribution in [-0.2, 0) is 29.2 Å². The number of aromatic nitrogens is 4. The highest BCUT2D eigenvalue weighted by Crippen LogP contribution is 2.22. The lowest BCUT2D eigenvalue weighted by atomic mass is 10.1. The van der Waals surface area contributed by atoms with Gasteiger partial charge in [0.05, 0.1) is 18.8 Å². The maximum atomic E-state index is 12.5. The Balaban J connectivity index is 1.43. The lowest BCUT2D eigenvalue weighted by molar-refractivity contribution is -0.145. The molecule has 4 aromatic rings. The fourth-order valence-corrected chi connectivity index (χ4v) is 3.49. The second-order valence-electron chi connectivity index (χ2n) is 7.73. The normalized spacial score (nSPS) is 10.7. The lowest BCUT2D eigenvalue weighted by Crippen LogP contribution is -2.42. The van der Waals surface area contributed by atoms with Crippen LogP contribution in [0.15, 0.2) is 85.3 Å². The zero-order valence-corrected chi connectivity index (χ0v) is 18.5. The first-order chi connectivity index (χ1) is 16.1. The van der Waals surface area contributed by atoms with Crippen LogP contribution < -0.4 is 5.32 Å². The van der Waals surface area contributed by atoms with E-state index >= 15 is 0 Å². The van der Waals surface area contributed by atoms with Crippen LogP contribution in [0.3, 0.4) is 0 Å². The van der Waals surface area contributed by atoms with E-state index in [4.69, 9.17) is 5.10 Å². The number of hydrogen-bond donors (Lipinski definition) is 1. The minimum Gasteiger partial charge on any atom is -0.344 e. The van der Waals surface area contributed by atoms with E-state index in [0.717, 1.165) is 22.4 Å². The van der Waals surface area contributed by atoms with Crippen LogP contribution in [0.4, 0.5) is 0 Å². The fourth-order valence-electron chi connectivity index (χ4n) is 3.49. The predicted octanol–water partition coefficient (Wildman–Crippen LogP) is 2.57. The Labute approximate surface area is 192 Å². The number of carbonyl (C=O) groups is 2. The number of nitrogens with one attached hydrogen (secondary N) is 1. The quantitative estimate of drug-likeness (QED) is 0.425. The van der Waals surface area contributed by atoms with Crippen molar-refractivity contribution in [1.29, 1.82) is 0 Å². The molecule has 0 bridgehead atoms. The summed E-state index contributed by atoms with van der Waals surface area (Å²) in [7, 11) is 1.61. The third kappa shape index (κ3) is 5.74. The third-order valence-electron chi connectivity index (χ3n) is 5.28. The highest BCUT2D eigenvalue weighted by Gasteiger charge is 2.20. The Morgan fingerprint density at radius 2 is 1.70 bits per heavy atom. The van der Waals surface area contributed by atoms with E-state index in [2.05, 4.69) is 10.4 Å². The summed E-state index contributed by atoms with van der Waals surface area (Å²) in [4.78, 5) is 26.4. The van der Waals surface area contributed by atoms with E-state index in [0.29, 0.717) is 19.6 Å². The van der Waals surface area contributed by atoms with Crippen molar-refractivity contribution in [3.05, 3.63) is 96.4 Å². The van der Waals surface area contributed by atoms with E-state index in [1.807, 2.05) is 83.8 Å². The molecule has 2 aromatic carbocycles. The Morgan fingerprint density at radius 1 is 0.970 bits per heavy atom. The average Bonchev–Trinajstić information content (AvgIpc) is 3.51. The molecule has 0 saturated carbocycles. The first-order valence-corrected chi connectivity index (χ1v) is 10.8. The van der Waals surface area contributed by atoms with Crippen LogP contribution in [-0.4, -0.2) is 49.9 Å². The zero-order chi connectivity index (χ0) is 23.0. The van der Waals surface area contributed by atoms with Gasteiger partial charge < -0.3 is 10.2 Å². The number of nitrogens with zero attached hydrogens (tertiary/aromatic N) is 5. The molecule has 2 heterocycles. The van der Waals surface area contributed by atoms with Crippen molar-refractivity contribution in [2.75, 3.05) is 13.6 Å². The Kier molecular flexibility index (Phi) is 6.94. The Hall–Kier alpha value is -4.20. The number of likely N-dealkylation sites (N-methyl/N-ethyl adjacent to an activating group) is 1. The smallest absolute Gasteiger partial charge is 0.311 e. The van der Waals surface area contributed by atoms with Crippen LogP contribution in [0.2, 0.25) is 0 Å². The SMILES string of the molecule is CN(CCn1cccn1)C(=O)C(=O)NCc1cn(Cc2ccccc2)nc1-c1ccccc1. The lowest BCUT2D eigenvalue weighted by Gasteiger charge is -2.16. The van der Waals surface area contributed by atoms with E-state index in [1.54, 1.807) is 17.9 Å². The van der Waals surface area contributed by atoms with Gasteiger partial charge in [-0.25, -0.2) is 0 Å². The summed E-state index contributed by atoms with van der Waals surface area (Å²) in [6, 6.07) is 21.7. The van der Waals surface area contributed by atoms with Gasteiger partial charge in [0.25, 0.3) is 0 Å². The van der Waals surface area contributed by atoms with Gasteiger partial charge in [0.1, 0.15) is 0 Å². The van der Waals surface area contributed by atoms with Crippen molar-refractivity contribution in [1.82, 2.24) is 29.8 Å². The molecule has 0 aliphatic heterocycles. The Morgan fingerprint density at radius 3 is 2.39 bits per heavy atom. The van der Waals surface area contributed by atoms with Gasteiger partial charge in [-0.15, -0.1) is 0 Å². The zero-order valence-electron chi connectivity index (χ0n) is 18.5. The summed E-state index contributed by atoms with van der Waals surface area (Å²) >= 11 is 0. The standard InChI is InChI=1S/C25H26N6O2/c1-29(15-16-30-14-8-13-27-30)25(33)24(32)26-17-22-19-31(18-20-9-4-2-5-10-20)28-23(22)21-11-6-3-7-12-21/h2-14,19H,15-18H2,1H3,(H,26,32). The Bertz CT molecular complexity index is 1190. The molecule has 0 atom stereocenters. The molecule has 0 unspecified atom stereocenters. The average molecular weight is 443 g/mol. The molecule has 8 heteroatoms. The molecule has 4 rings (SSSR count).